The summed E-state index contributed by atoms with van der Waals surface area (Å²) in [6.45, 7) is 0. The van der Waals surface area contributed by atoms with Gasteiger partial charge in [-0.3, -0.25) is 14.4 Å². The van der Waals surface area contributed by atoms with Crippen molar-refractivity contribution < 1.29 is 44.7 Å². The molecular formula is C28H28N2O9. The number of aliphatic hydroxyl groups excluding tert-OH is 2. The second-order valence-corrected chi connectivity index (χ2v) is 10.7. The molecule has 7 N–H and O–H groups in total. The third-order valence-corrected chi connectivity index (χ3v) is 8.29. The zero-order valence-electron chi connectivity index (χ0n) is 21.2. The van der Waals surface area contributed by atoms with E-state index in [2.05, 4.69) is 0 Å². The molecule has 11 nitrogen and oxygen atoms in total. The number of phenols is 1. The molecule has 0 spiro atoms. The van der Waals surface area contributed by atoms with Gasteiger partial charge < -0.3 is 36.2 Å². The Morgan fingerprint density at radius 3 is 2.28 bits per heavy atom. The van der Waals surface area contributed by atoms with E-state index in [1.54, 1.807) is 25.1 Å². The molecule has 204 valence electrons. The number of nitrogens with zero attached hydrogens (tertiary/aromatic N) is 1. The number of phenolic OH excluding ortho intramolecular Hbond substituents is 1. The molecule has 0 aromatic heterocycles. The third-order valence-electron chi connectivity index (χ3n) is 8.29. The minimum atomic E-state index is -2.58. The van der Waals surface area contributed by atoms with Gasteiger partial charge in [0.2, 0.25) is 5.91 Å². The number of aromatic carboxylic acids is 1. The molecule has 0 saturated heterocycles. The van der Waals surface area contributed by atoms with Crippen LogP contribution in [0.15, 0.2) is 41.7 Å². The van der Waals surface area contributed by atoms with Crippen LogP contribution in [0.3, 0.4) is 0 Å². The Hall–Kier alpha value is -4.22. The third kappa shape index (κ3) is 3.72. The number of nitrogens with two attached hydrogens (primary N) is 1. The Bertz CT molecular complexity index is 1480. The van der Waals surface area contributed by atoms with Gasteiger partial charge in [0, 0.05) is 36.8 Å². The van der Waals surface area contributed by atoms with Crippen LogP contribution in [-0.2, 0) is 16.0 Å². The Balaban J connectivity index is 1.69. The van der Waals surface area contributed by atoms with E-state index in [1.165, 1.54) is 24.3 Å². The summed E-state index contributed by atoms with van der Waals surface area (Å²) >= 11 is 0. The number of Topliss-reactive ketones (excluding diaryl/α,β-unsaturated/α-hetero) is 2. The predicted molar refractivity (Wildman–Crippen MR) is 137 cm³/mol. The lowest BCUT2D eigenvalue weighted by Crippen LogP contribution is -2.63. The molecule has 39 heavy (non-hydrogen) atoms. The molecule has 0 radical (unpaired) electrons. The smallest absolute Gasteiger partial charge is 0.335 e. The largest absolute Gasteiger partial charge is 0.508 e. The lowest BCUT2D eigenvalue weighted by Gasteiger charge is -2.48. The van der Waals surface area contributed by atoms with Gasteiger partial charge in [-0.1, -0.05) is 12.1 Å². The maximum atomic E-state index is 13.9. The normalized spacial score (nSPS) is 27.9. The van der Waals surface area contributed by atoms with Crippen molar-refractivity contribution in [3.05, 3.63) is 58.4 Å². The molecule has 3 aliphatic rings. The van der Waals surface area contributed by atoms with Gasteiger partial charge in [-0.15, -0.1) is 0 Å². The summed E-state index contributed by atoms with van der Waals surface area (Å²) in [4.78, 5) is 52.0. The summed E-state index contributed by atoms with van der Waals surface area (Å²) in [5, 5.41) is 53.7. The fourth-order valence-electron chi connectivity index (χ4n) is 6.39. The summed E-state index contributed by atoms with van der Waals surface area (Å²) in [5.74, 6) is -8.80. The first kappa shape index (κ1) is 26.4. The quantitative estimate of drug-likeness (QED) is 0.308. The first-order chi connectivity index (χ1) is 18.3. The number of benzene rings is 2. The zero-order chi connectivity index (χ0) is 28.5. The van der Waals surface area contributed by atoms with E-state index in [4.69, 9.17) is 5.73 Å². The number of primary amides is 1. The van der Waals surface area contributed by atoms with Gasteiger partial charge in [0.15, 0.2) is 17.2 Å². The number of carbonyl (C=O) groups is 4. The minimum Gasteiger partial charge on any atom is -0.508 e. The highest BCUT2D eigenvalue weighted by Crippen LogP contribution is 2.53. The van der Waals surface area contributed by atoms with Crippen molar-refractivity contribution in [2.24, 2.45) is 23.5 Å². The van der Waals surface area contributed by atoms with Crippen molar-refractivity contribution in [3.8, 4) is 16.9 Å². The fraction of sp³-hybridized carbons (Fsp3) is 0.357. The topological polar surface area (TPSA) is 199 Å². The highest BCUT2D eigenvalue weighted by atomic mass is 16.4. The van der Waals surface area contributed by atoms with Gasteiger partial charge in [-0.25, -0.2) is 4.79 Å². The molecular weight excluding hydrogens is 508 g/mol. The molecule has 0 aliphatic heterocycles. The Morgan fingerprint density at radius 1 is 1.08 bits per heavy atom. The molecule has 2 aromatic rings. The Labute approximate surface area is 222 Å². The summed E-state index contributed by atoms with van der Waals surface area (Å²) < 4.78 is 0. The molecule has 2 aromatic carbocycles. The van der Waals surface area contributed by atoms with Gasteiger partial charge in [-0.2, -0.15) is 0 Å². The van der Waals surface area contributed by atoms with E-state index in [0.29, 0.717) is 16.8 Å². The summed E-state index contributed by atoms with van der Waals surface area (Å²) in [7, 11) is 3.52. The second-order valence-electron chi connectivity index (χ2n) is 10.7. The predicted octanol–water partition coefficient (Wildman–Crippen LogP) is 1.18. The van der Waals surface area contributed by atoms with Gasteiger partial charge in [0.1, 0.15) is 17.4 Å². The average molecular weight is 537 g/mol. The number of allylic oxidation sites excluding steroid dienone is 1. The van der Waals surface area contributed by atoms with E-state index in [9.17, 15) is 44.7 Å². The van der Waals surface area contributed by atoms with Crippen LogP contribution in [0.4, 0.5) is 5.69 Å². The molecule has 0 bridgehead atoms. The van der Waals surface area contributed by atoms with Crippen LogP contribution in [0.25, 0.3) is 11.1 Å². The number of aliphatic hydroxyl groups is 3. The number of ketones is 2. The van der Waals surface area contributed by atoms with E-state index in [1.807, 2.05) is 0 Å². The first-order valence-electron chi connectivity index (χ1n) is 12.4. The number of rotatable bonds is 4. The zero-order valence-corrected chi connectivity index (χ0v) is 21.2. The van der Waals surface area contributed by atoms with Crippen molar-refractivity contribution in [3.63, 3.8) is 0 Å². The number of amides is 1. The highest BCUT2D eigenvalue weighted by Gasteiger charge is 2.62. The Morgan fingerprint density at radius 2 is 1.72 bits per heavy atom. The molecule has 1 fully saturated rings. The number of carboxylic acids is 1. The number of anilines is 1. The summed E-state index contributed by atoms with van der Waals surface area (Å²) in [6.07, 6.45) is -1.35. The Kier molecular flexibility index (Phi) is 6.04. The number of hydrogen-bond donors (Lipinski definition) is 6. The molecule has 1 amide bonds. The van der Waals surface area contributed by atoms with Crippen LogP contribution in [0.2, 0.25) is 0 Å². The van der Waals surface area contributed by atoms with Crippen molar-refractivity contribution in [2.75, 3.05) is 19.0 Å². The standard InChI is InChI=1S/C28H28N2O9/c1-30(2)17-10-15(11-3-5-12(6-4-11)27(37)38)22(32)20-16(17)8-13-7-14-9-18(31)21(26(29)36)25(35)28(14,39)24(34)19(13)23(20)33/h3-6,10,13-14,18,21,31-32,34,39H,7-9H2,1-2H3,(H2,29,36)(H,37,38)/t13-,14+,18?,21?,28+/m1/s1. The second kappa shape index (κ2) is 8.92. The van der Waals surface area contributed by atoms with Gasteiger partial charge in [0.25, 0.3) is 0 Å². The minimum absolute atomic E-state index is 0.0413. The molecule has 1 saturated carbocycles. The van der Waals surface area contributed by atoms with Crippen molar-refractivity contribution in [1.82, 2.24) is 0 Å². The van der Waals surface area contributed by atoms with Crippen LogP contribution in [0.1, 0.15) is 39.1 Å². The number of hydrogen-bond acceptors (Lipinski definition) is 9. The maximum absolute atomic E-state index is 13.9. The van der Waals surface area contributed by atoms with Gasteiger partial charge in [0.05, 0.1) is 17.2 Å². The monoisotopic (exact) mass is 536 g/mol. The lowest BCUT2D eigenvalue weighted by atomic mass is 9.57. The first-order valence-corrected chi connectivity index (χ1v) is 12.4. The van der Waals surface area contributed by atoms with Gasteiger partial charge >= 0.3 is 5.97 Å². The van der Waals surface area contributed by atoms with Crippen LogP contribution in [-0.4, -0.2) is 74.8 Å². The van der Waals surface area contributed by atoms with E-state index < -0.39 is 64.4 Å². The molecule has 5 atom stereocenters. The molecule has 3 aliphatic carbocycles. The SMILES string of the molecule is CN(C)c1cc(-c2ccc(C(=O)O)cc2)c(O)c2c1C[C@H]1C[C@H]3CC(O)C(C(N)=O)C(=O)[C@@]3(O)C(O)=C1C2=O. The summed E-state index contributed by atoms with van der Waals surface area (Å²) in [5.41, 5.74) is 4.24. The molecule has 0 heterocycles. The van der Waals surface area contributed by atoms with Crippen LogP contribution in [0.5, 0.6) is 5.75 Å². The van der Waals surface area contributed by atoms with E-state index in [-0.39, 0.29) is 41.5 Å². The lowest BCUT2D eigenvalue weighted by molar-refractivity contribution is -0.167. The average Bonchev–Trinajstić information content (AvgIpc) is 2.86. The summed E-state index contributed by atoms with van der Waals surface area (Å²) in [6, 6.07) is 7.43. The van der Waals surface area contributed by atoms with Crippen LogP contribution < -0.4 is 10.6 Å². The molecule has 2 unspecified atom stereocenters. The number of fused-ring (bicyclic) bond motifs is 3. The van der Waals surface area contributed by atoms with Crippen LogP contribution >= 0.6 is 0 Å². The van der Waals surface area contributed by atoms with E-state index in [0.717, 1.165) is 0 Å². The molecule has 11 heteroatoms. The van der Waals surface area contributed by atoms with Crippen molar-refractivity contribution in [1.29, 1.82) is 0 Å². The van der Waals surface area contributed by atoms with Crippen molar-refractivity contribution in [2.45, 2.75) is 31.0 Å². The number of carboxylic acid groups (broad SMARTS) is 1. The number of carbonyl (C=O) groups excluding carboxylic acids is 3. The van der Waals surface area contributed by atoms with Gasteiger partial charge in [-0.05, 0) is 54.5 Å². The van der Waals surface area contributed by atoms with Crippen molar-refractivity contribution >= 4 is 29.1 Å². The highest BCUT2D eigenvalue weighted by molar-refractivity contribution is 6.17. The van der Waals surface area contributed by atoms with E-state index >= 15 is 0 Å². The van der Waals surface area contributed by atoms with Crippen LogP contribution in [0, 0.1) is 17.8 Å². The fourth-order valence-corrected chi connectivity index (χ4v) is 6.39. The maximum Gasteiger partial charge on any atom is 0.335 e. The number of aromatic hydroxyl groups is 1. The molecule has 5 rings (SSSR count).